The highest BCUT2D eigenvalue weighted by atomic mass is 19.3. The van der Waals surface area contributed by atoms with Crippen LogP contribution in [0, 0.1) is 5.82 Å². The Balaban J connectivity index is 1.73. The highest BCUT2D eigenvalue weighted by molar-refractivity contribution is 5.80. The van der Waals surface area contributed by atoms with Gasteiger partial charge in [-0.05, 0) is 35.4 Å². The second kappa shape index (κ2) is 11.7. The lowest BCUT2D eigenvalue weighted by atomic mass is 10.1. The number of carbonyl (C=O) groups is 1. The smallest absolute Gasteiger partial charge is 0.387 e. The molecule has 0 aliphatic rings. The van der Waals surface area contributed by atoms with Crippen LogP contribution in [0.2, 0.25) is 0 Å². The van der Waals surface area contributed by atoms with Crippen molar-refractivity contribution < 1.29 is 22.7 Å². The fraction of sp³-hybridized carbons (Fsp3) is 0.333. The van der Waals surface area contributed by atoms with Crippen LogP contribution in [0.25, 0.3) is 0 Å². The maximum absolute atomic E-state index is 13.2. The minimum Gasteiger partial charge on any atom is -0.435 e. The number of benzene rings is 2. The van der Waals surface area contributed by atoms with Crippen LogP contribution in [-0.4, -0.2) is 50.6 Å². The van der Waals surface area contributed by atoms with Crippen molar-refractivity contribution in [1.29, 1.82) is 0 Å². The van der Waals surface area contributed by atoms with E-state index >= 15 is 0 Å². The average Bonchev–Trinajstić information content (AvgIpc) is 2.69. The van der Waals surface area contributed by atoms with E-state index < -0.39 is 6.61 Å². The summed E-state index contributed by atoms with van der Waals surface area (Å²) < 4.78 is 41.9. The molecule has 0 saturated carbocycles. The van der Waals surface area contributed by atoms with E-state index in [4.69, 9.17) is 0 Å². The van der Waals surface area contributed by atoms with E-state index in [1.165, 1.54) is 24.3 Å². The van der Waals surface area contributed by atoms with Crippen LogP contribution in [0.3, 0.4) is 0 Å². The van der Waals surface area contributed by atoms with Gasteiger partial charge in [0.05, 0.1) is 6.42 Å². The van der Waals surface area contributed by atoms with Crippen LogP contribution < -0.4 is 15.4 Å². The number of rotatable bonds is 9. The van der Waals surface area contributed by atoms with Crippen molar-refractivity contribution in [2.75, 3.05) is 27.2 Å². The van der Waals surface area contributed by atoms with E-state index in [1.807, 2.05) is 11.9 Å². The van der Waals surface area contributed by atoms with Crippen molar-refractivity contribution in [2.24, 2.45) is 4.99 Å². The van der Waals surface area contributed by atoms with Crippen molar-refractivity contribution in [1.82, 2.24) is 15.5 Å². The molecule has 6 nitrogen and oxygen atoms in total. The van der Waals surface area contributed by atoms with Crippen LogP contribution in [0.4, 0.5) is 13.2 Å². The van der Waals surface area contributed by atoms with Gasteiger partial charge >= 0.3 is 6.61 Å². The zero-order valence-corrected chi connectivity index (χ0v) is 16.9. The molecule has 2 rings (SSSR count). The molecular formula is C21H25F3N4O2. The Kier molecular flexibility index (Phi) is 8.99. The number of amides is 1. The molecule has 2 N–H and O–H groups in total. The fourth-order valence-electron chi connectivity index (χ4n) is 2.78. The minimum absolute atomic E-state index is 0.105. The van der Waals surface area contributed by atoms with Crippen LogP contribution in [-0.2, 0) is 17.8 Å². The third-order valence-corrected chi connectivity index (χ3v) is 4.13. The third kappa shape index (κ3) is 8.02. The summed E-state index contributed by atoms with van der Waals surface area (Å²) in [7, 11) is 3.47. The normalized spacial score (nSPS) is 11.3. The van der Waals surface area contributed by atoms with Gasteiger partial charge in [0.1, 0.15) is 11.6 Å². The van der Waals surface area contributed by atoms with Crippen LogP contribution in [0.15, 0.2) is 53.5 Å². The lowest BCUT2D eigenvalue weighted by molar-refractivity contribution is -0.120. The number of ether oxygens (including phenoxy) is 1. The standard InChI is InChI=1S/C21H25F3N4O2/c1-25-21(28(2)14-15-6-8-18(9-7-15)30-20(23)24)27-11-10-26-19(29)13-16-4-3-5-17(22)12-16/h3-9,12,20H,10-11,13-14H2,1-2H3,(H,25,27)(H,26,29). The maximum Gasteiger partial charge on any atom is 0.387 e. The summed E-state index contributed by atoms with van der Waals surface area (Å²) in [5, 5.41) is 5.90. The van der Waals surface area contributed by atoms with Gasteiger partial charge in [0.15, 0.2) is 5.96 Å². The number of aliphatic imine (C=N–C) groups is 1. The molecule has 0 spiro atoms. The van der Waals surface area contributed by atoms with Gasteiger partial charge in [0, 0.05) is 33.7 Å². The predicted octanol–water partition coefficient (Wildman–Crippen LogP) is 2.79. The highest BCUT2D eigenvalue weighted by Gasteiger charge is 2.09. The number of hydrogen-bond donors (Lipinski definition) is 2. The second-order valence-corrected chi connectivity index (χ2v) is 6.51. The van der Waals surface area contributed by atoms with Gasteiger partial charge in [-0.15, -0.1) is 0 Å². The molecule has 0 radical (unpaired) electrons. The third-order valence-electron chi connectivity index (χ3n) is 4.13. The van der Waals surface area contributed by atoms with Gasteiger partial charge in [0.2, 0.25) is 5.91 Å². The number of hydrogen-bond acceptors (Lipinski definition) is 3. The molecule has 0 fully saturated rings. The molecule has 0 heterocycles. The number of nitrogens with zero attached hydrogens (tertiary/aromatic N) is 2. The maximum atomic E-state index is 13.2. The predicted molar refractivity (Wildman–Crippen MR) is 109 cm³/mol. The van der Waals surface area contributed by atoms with Crippen molar-refractivity contribution >= 4 is 11.9 Å². The molecule has 2 aromatic carbocycles. The highest BCUT2D eigenvalue weighted by Crippen LogP contribution is 2.15. The first kappa shape index (κ1) is 23.1. The van der Waals surface area contributed by atoms with E-state index in [9.17, 15) is 18.0 Å². The summed E-state index contributed by atoms with van der Waals surface area (Å²) in [6.07, 6.45) is 0.109. The lowest BCUT2D eigenvalue weighted by Crippen LogP contribution is -2.42. The summed E-state index contributed by atoms with van der Waals surface area (Å²) in [6, 6.07) is 12.3. The lowest BCUT2D eigenvalue weighted by Gasteiger charge is -2.22. The summed E-state index contributed by atoms with van der Waals surface area (Å²) >= 11 is 0. The van der Waals surface area contributed by atoms with Crippen LogP contribution in [0.5, 0.6) is 5.75 Å². The topological polar surface area (TPSA) is 66.0 Å². The molecule has 0 aromatic heterocycles. The Labute approximate surface area is 173 Å². The quantitative estimate of drug-likeness (QED) is 0.371. The Morgan fingerprint density at radius 2 is 1.80 bits per heavy atom. The molecule has 1 amide bonds. The first-order valence-electron chi connectivity index (χ1n) is 9.34. The molecule has 0 atom stereocenters. The summed E-state index contributed by atoms with van der Waals surface area (Å²) in [6.45, 7) is -1.52. The number of guanidine groups is 1. The van der Waals surface area contributed by atoms with Gasteiger partial charge in [0.25, 0.3) is 0 Å². The number of alkyl halides is 2. The van der Waals surface area contributed by atoms with E-state index in [0.29, 0.717) is 31.2 Å². The Morgan fingerprint density at radius 1 is 1.10 bits per heavy atom. The number of nitrogens with one attached hydrogen (secondary N) is 2. The fourth-order valence-corrected chi connectivity index (χ4v) is 2.78. The molecule has 0 aliphatic carbocycles. The monoisotopic (exact) mass is 422 g/mol. The largest absolute Gasteiger partial charge is 0.435 e. The first-order valence-corrected chi connectivity index (χ1v) is 9.34. The zero-order valence-electron chi connectivity index (χ0n) is 16.9. The van der Waals surface area contributed by atoms with Gasteiger partial charge in [-0.1, -0.05) is 24.3 Å². The van der Waals surface area contributed by atoms with E-state index in [1.54, 1.807) is 31.3 Å². The van der Waals surface area contributed by atoms with Crippen LogP contribution >= 0.6 is 0 Å². The molecule has 162 valence electrons. The molecule has 0 unspecified atom stereocenters. The minimum atomic E-state index is -2.85. The molecule has 0 aliphatic heterocycles. The summed E-state index contributed by atoms with van der Waals surface area (Å²) in [5.41, 5.74) is 1.51. The number of carbonyl (C=O) groups excluding carboxylic acids is 1. The second-order valence-electron chi connectivity index (χ2n) is 6.51. The molecule has 2 aromatic rings. The summed E-state index contributed by atoms with van der Waals surface area (Å²) in [4.78, 5) is 18.0. The molecular weight excluding hydrogens is 397 g/mol. The molecule has 0 bridgehead atoms. The number of halogens is 3. The van der Waals surface area contributed by atoms with Crippen molar-refractivity contribution in [3.05, 3.63) is 65.5 Å². The van der Waals surface area contributed by atoms with Gasteiger partial charge in [-0.3, -0.25) is 9.79 Å². The Hall–Kier alpha value is -3.23. The van der Waals surface area contributed by atoms with Crippen molar-refractivity contribution in [2.45, 2.75) is 19.6 Å². The molecule has 9 heteroatoms. The average molecular weight is 422 g/mol. The Bertz CT molecular complexity index is 844. The SMILES string of the molecule is CN=C(NCCNC(=O)Cc1cccc(F)c1)N(C)Cc1ccc(OC(F)F)cc1. The Morgan fingerprint density at radius 3 is 2.43 bits per heavy atom. The molecule has 30 heavy (non-hydrogen) atoms. The summed E-state index contributed by atoms with van der Waals surface area (Å²) in [5.74, 6) is 0.150. The van der Waals surface area contributed by atoms with Crippen molar-refractivity contribution in [3.63, 3.8) is 0 Å². The van der Waals surface area contributed by atoms with Crippen molar-refractivity contribution in [3.8, 4) is 5.75 Å². The van der Waals surface area contributed by atoms with E-state index in [2.05, 4.69) is 20.4 Å². The van der Waals surface area contributed by atoms with E-state index in [0.717, 1.165) is 5.56 Å². The van der Waals surface area contributed by atoms with Gasteiger partial charge < -0.3 is 20.3 Å². The first-order chi connectivity index (χ1) is 14.4. The van der Waals surface area contributed by atoms with E-state index in [-0.39, 0.29) is 23.9 Å². The zero-order chi connectivity index (χ0) is 21.9. The van der Waals surface area contributed by atoms with Gasteiger partial charge in [-0.25, -0.2) is 4.39 Å². The van der Waals surface area contributed by atoms with Gasteiger partial charge in [-0.2, -0.15) is 8.78 Å². The molecule has 0 saturated heterocycles. The van der Waals surface area contributed by atoms with Crippen LogP contribution in [0.1, 0.15) is 11.1 Å².